The summed E-state index contributed by atoms with van der Waals surface area (Å²) in [6, 6.07) is 8.43. The Morgan fingerprint density at radius 2 is 1.84 bits per heavy atom. The van der Waals surface area contributed by atoms with Crippen molar-refractivity contribution in [2.24, 2.45) is 0 Å². The number of methoxy groups -OCH3 is 2. The molecule has 1 heterocycles. The summed E-state index contributed by atoms with van der Waals surface area (Å²) in [5, 5.41) is 13.7. The van der Waals surface area contributed by atoms with Gasteiger partial charge in [-0.05, 0) is 36.4 Å². The quantitative estimate of drug-likeness (QED) is 0.761. The first-order valence-corrected chi connectivity index (χ1v) is 7.36. The highest BCUT2D eigenvalue weighted by Crippen LogP contribution is 2.39. The summed E-state index contributed by atoms with van der Waals surface area (Å²) in [5.74, 6) is -0.663. The molecular formula is C18H15F2NO4. The van der Waals surface area contributed by atoms with E-state index in [0.717, 1.165) is 12.1 Å². The number of rotatable bonds is 5. The molecule has 0 spiro atoms. The smallest absolute Gasteiger partial charge is 0.176 e. The van der Waals surface area contributed by atoms with Gasteiger partial charge in [0, 0.05) is 5.56 Å². The third kappa shape index (κ3) is 3.06. The Morgan fingerprint density at radius 3 is 2.48 bits per heavy atom. The predicted molar refractivity (Wildman–Crippen MR) is 86.3 cm³/mol. The van der Waals surface area contributed by atoms with Crippen LogP contribution in [0.3, 0.4) is 0 Å². The molecule has 3 rings (SSSR count). The van der Waals surface area contributed by atoms with Crippen LogP contribution >= 0.6 is 0 Å². The molecule has 0 atom stereocenters. The normalized spacial score (nSPS) is 10.8. The molecule has 0 amide bonds. The molecule has 0 radical (unpaired) electrons. The maximum absolute atomic E-state index is 13.5. The van der Waals surface area contributed by atoms with Crippen LogP contribution in [0.15, 0.2) is 40.9 Å². The number of hydrogen-bond acceptors (Lipinski definition) is 5. The van der Waals surface area contributed by atoms with Gasteiger partial charge < -0.3 is 19.1 Å². The zero-order chi connectivity index (χ0) is 18.0. The minimum atomic E-state index is -1.01. The van der Waals surface area contributed by atoms with E-state index in [9.17, 15) is 13.9 Å². The Labute approximate surface area is 142 Å². The van der Waals surface area contributed by atoms with Gasteiger partial charge in [-0.2, -0.15) is 0 Å². The van der Waals surface area contributed by atoms with E-state index in [1.54, 1.807) is 18.2 Å². The number of nitrogens with zero attached hydrogens (tertiary/aromatic N) is 1. The summed E-state index contributed by atoms with van der Waals surface area (Å²) < 4.78 is 42.6. The van der Waals surface area contributed by atoms with Gasteiger partial charge in [0.15, 0.2) is 17.4 Å². The van der Waals surface area contributed by atoms with Crippen LogP contribution in [-0.4, -0.2) is 24.5 Å². The van der Waals surface area contributed by atoms with Gasteiger partial charge >= 0.3 is 0 Å². The topological polar surface area (TPSA) is 64.7 Å². The average molecular weight is 347 g/mol. The molecule has 2 aromatic carbocycles. The molecule has 0 fully saturated rings. The fraction of sp³-hybridized carbons (Fsp3) is 0.167. The van der Waals surface area contributed by atoms with Crippen LogP contribution in [0.1, 0.15) is 5.56 Å². The SMILES string of the molecule is COc1ccc(OC)c(-c2onc(-c3ccc(F)c(F)c3)c2CO)c1. The highest BCUT2D eigenvalue weighted by molar-refractivity contribution is 5.76. The van der Waals surface area contributed by atoms with E-state index >= 15 is 0 Å². The van der Waals surface area contributed by atoms with Crippen molar-refractivity contribution in [3.8, 4) is 34.1 Å². The maximum Gasteiger partial charge on any atom is 0.176 e. The molecule has 3 aromatic rings. The fourth-order valence-electron chi connectivity index (χ4n) is 2.53. The molecule has 0 saturated carbocycles. The van der Waals surface area contributed by atoms with Crippen LogP contribution in [-0.2, 0) is 6.61 Å². The number of aliphatic hydroxyl groups is 1. The minimum absolute atomic E-state index is 0.223. The van der Waals surface area contributed by atoms with Gasteiger partial charge in [-0.25, -0.2) is 8.78 Å². The molecule has 1 aromatic heterocycles. The van der Waals surface area contributed by atoms with E-state index in [1.165, 1.54) is 20.3 Å². The molecule has 5 nitrogen and oxygen atoms in total. The Bertz CT molecular complexity index is 908. The number of aliphatic hydroxyl groups excluding tert-OH is 1. The highest BCUT2D eigenvalue weighted by atomic mass is 19.2. The second-order valence-electron chi connectivity index (χ2n) is 5.19. The standard InChI is InChI=1S/C18H15F2NO4/c1-23-11-4-6-16(24-2)12(8-11)18-13(9-22)17(21-25-18)10-3-5-14(19)15(20)7-10/h3-8,22H,9H2,1-2H3. The summed E-state index contributed by atoms with van der Waals surface area (Å²) in [4.78, 5) is 0. The van der Waals surface area contributed by atoms with Crippen molar-refractivity contribution in [3.05, 3.63) is 53.6 Å². The first kappa shape index (κ1) is 16.9. The third-order valence-electron chi connectivity index (χ3n) is 3.79. The molecule has 0 bridgehead atoms. The molecule has 1 N–H and O–H groups in total. The number of benzene rings is 2. The first-order chi connectivity index (χ1) is 12.1. The molecule has 0 aliphatic rings. The van der Waals surface area contributed by atoms with Crippen LogP contribution in [0, 0.1) is 11.6 Å². The van der Waals surface area contributed by atoms with Gasteiger partial charge in [-0.3, -0.25) is 0 Å². The Kier molecular flexibility index (Phi) is 4.67. The zero-order valence-corrected chi connectivity index (χ0v) is 13.5. The van der Waals surface area contributed by atoms with E-state index in [2.05, 4.69) is 5.16 Å². The Morgan fingerprint density at radius 1 is 1.04 bits per heavy atom. The molecule has 0 saturated heterocycles. The highest BCUT2D eigenvalue weighted by Gasteiger charge is 2.22. The van der Waals surface area contributed by atoms with E-state index in [1.807, 2.05) is 0 Å². The summed E-state index contributed by atoms with van der Waals surface area (Å²) in [6.07, 6.45) is 0. The van der Waals surface area contributed by atoms with Crippen LogP contribution in [0.2, 0.25) is 0 Å². The molecule has 0 aliphatic heterocycles. The molecule has 0 aliphatic carbocycles. The fourth-order valence-corrected chi connectivity index (χ4v) is 2.53. The van der Waals surface area contributed by atoms with Crippen molar-refractivity contribution in [2.45, 2.75) is 6.61 Å². The molecule has 130 valence electrons. The van der Waals surface area contributed by atoms with Crippen molar-refractivity contribution in [1.82, 2.24) is 5.16 Å². The minimum Gasteiger partial charge on any atom is -0.497 e. The summed E-state index contributed by atoms with van der Waals surface area (Å²) in [5.41, 5.74) is 1.37. The summed E-state index contributed by atoms with van der Waals surface area (Å²) in [6.45, 7) is -0.409. The first-order valence-electron chi connectivity index (χ1n) is 7.36. The van der Waals surface area contributed by atoms with Crippen molar-refractivity contribution in [3.63, 3.8) is 0 Å². The van der Waals surface area contributed by atoms with Gasteiger partial charge in [-0.15, -0.1) is 0 Å². The van der Waals surface area contributed by atoms with Gasteiger partial charge in [0.05, 0.1) is 32.0 Å². The van der Waals surface area contributed by atoms with Gasteiger partial charge in [0.2, 0.25) is 0 Å². The van der Waals surface area contributed by atoms with Gasteiger partial charge in [0.25, 0.3) is 0 Å². The lowest BCUT2D eigenvalue weighted by Gasteiger charge is -2.09. The summed E-state index contributed by atoms with van der Waals surface area (Å²) >= 11 is 0. The van der Waals surface area contributed by atoms with Crippen LogP contribution in [0.4, 0.5) is 8.78 Å². The number of halogens is 2. The molecular weight excluding hydrogens is 332 g/mol. The van der Waals surface area contributed by atoms with Crippen molar-refractivity contribution < 1.29 is 27.9 Å². The van der Waals surface area contributed by atoms with Crippen molar-refractivity contribution >= 4 is 0 Å². The van der Waals surface area contributed by atoms with Crippen LogP contribution in [0.5, 0.6) is 11.5 Å². The lowest BCUT2D eigenvalue weighted by Crippen LogP contribution is -1.94. The number of ether oxygens (including phenoxy) is 2. The zero-order valence-electron chi connectivity index (χ0n) is 13.5. The van der Waals surface area contributed by atoms with Crippen LogP contribution < -0.4 is 9.47 Å². The van der Waals surface area contributed by atoms with E-state index < -0.39 is 18.2 Å². The third-order valence-corrected chi connectivity index (χ3v) is 3.79. The average Bonchev–Trinajstić information content (AvgIpc) is 3.07. The van der Waals surface area contributed by atoms with Crippen molar-refractivity contribution in [2.75, 3.05) is 14.2 Å². The van der Waals surface area contributed by atoms with Crippen LogP contribution in [0.25, 0.3) is 22.6 Å². The molecule has 25 heavy (non-hydrogen) atoms. The van der Waals surface area contributed by atoms with Crippen molar-refractivity contribution in [1.29, 1.82) is 0 Å². The maximum atomic E-state index is 13.5. The van der Waals surface area contributed by atoms with E-state index in [0.29, 0.717) is 28.2 Å². The monoisotopic (exact) mass is 347 g/mol. The van der Waals surface area contributed by atoms with E-state index in [4.69, 9.17) is 14.0 Å². The number of hydrogen-bond donors (Lipinski definition) is 1. The molecule has 7 heteroatoms. The number of aromatic nitrogens is 1. The largest absolute Gasteiger partial charge is 0.497 e. The van der Waals surface area contributed by atoms with Gasteiger partial charge in [0.1, 0.15) is 17.2 Å². The second-order valence-corrected chi connectivity index (χ2v) is 5.19. The lowest BCUT2D eigenvalue weighted by molar-refractivity contribution is 0.281. The molecule has 0 unspecified atom stereocenters. The second kappa shape index (κ2) is 6.90. The Hall–Kier alpha value is -2.93. The predicted octanol–water partition coefficient (Wildman–Crippen LogP) is 3.80. The Balaban J connectivity index is 2.16. The lowest BCUT2D eigenvalue weighted by atomic mass is 10.0. The summed E-state index contributed by atoms with van der Waals surface area (Å²) in [7, 11) is 3.02. The van der Waals surface area contributed by atoms with E-state index in [-0.39, 0.29) is 11.5 Å². The van der Waals surface area contributed by atoms with Gasteiger partial charge in [-0.1, -0.05) is 5.16 Å².